The van der Waals surface area contributed by atoms with E-state index < -0.39 is 0 Å². The van der Waals surface area contributed by atoms with Crippen molar-refractivity contribution in [2.75, 3.05) is 19.8 Å². The summed E-state index contributed by atoms with van der Waals surface area (Å²) in [5.41, 5.74) is 0.370. The quantitative estimate of drug-likeness (QED) is 0.912. The highest BCUT2D eigenvalue weighted by Crippen LogP contribution is 2.25. The van der Waals surface area contributed by atoms with Crippen molar-refractivity contribution < 1.29 is 4.74 Å². The average molecular weight is 276 g/mol. The second-order valence-electron chi connectivity index (χ2n) is 4.14. The Hall–Kier alpha value is 0.1000. The van der Waals surface area contributed by atoms with Gasteiger partial charge < -0.3 is 10.1 Å². The topological polar surface area (TPSA) is 21.3 Å². The number of ether oxygens (including phenoxy) is 1. The molecule has 4 heteroatoms. The zero-order chi connectivity index (χ0) is 10.0. The molecular formula is C10H14BrNOS. The van der Waals surface area contributed by atoms with Crippen molar-refractivity contribution in [1.82, 2.24) is 5.32 Å². The van der Waals surface area contributed by atoms with Gasteiger partial charge in [0.1, 0.15) is 0 Å². The molecule has 1 aliphatic heterocycles. The number of nitrogens with one attached hydrogen (secondary N) is 1. The summed E-state index contributed by atoms with van der Waals surface area (Å²) < 4.78 is 6.38. The van der Waals surface area contributed by atoms with Gasteiger partial charge in [0, 0.05) is 33.2 Å². The van der Waals surface area contributed by atoms with Crippen LogP contribution in [0.1, 0.15) is 11.8 Å². The third-order valence-electron chi connectivity index (χ3n) is 2.37. The number of thiophene rings is 1. The lowest BCUT2D eigenvalue weighted by Crippen LogP contribution is -2.47. The van der Waals surface area contributed by atoms with Gasteiger partial charge in [-0.25, -0.2) is 0 Å². The molecule has 14 heavy (non-hydrogen) atoms. The molecule has 0 spiro atoms. The van der Waals surface area contributed by atoms with E-state index in [9.17, 15) is 0 Å². The van der Waals surface area contributed by atoms with E-state index in [1.165, 1.54) is 9.35 Å². The molecule has 0 saturated carbocycles. The Bertz CT molecular complexity index is 309. The lowest BCUT2D eigenvalue weighted by Gasteiger charge is -2.38. The van der Waals surface area contributed by atoms with Crippen LogP contribution in [0.15, 0.2) is 15.9 Å². The van der Waals surface area contributed by atoms with Gasteiger partial charge >= 0.3 is 0 Å². The van der Waals surface area contributed by atoms with Crippen LogP contribution in [0.2, 0.25) is 0 Å². The van der Waals surface area contributed by atoms with Crippen molar-refractivity contribution in [3.63, 3.8) is 0 Å². The predicted molar refractivity (Wildman–Crippen MR) is 62.7 cm³/mol. The van der Waals surface area contributed by atoms with Crippen LogP contribution in [0.4, 0.5) is 0 Å². The molecule has 1 aliphatic rings. The minimum absolute atomic E-state index is 0.370. The molecule has 1 fully saturated rings. The third-order valence-corrected chi connectivity index (χ3v) is 4.07. The highest BCUT2D eigenvalue weighted by molar-refractivity contribution is 9.10. The molecule has 2 heterocycles. The summed E-state index contributed by atoms with van der Waals surface area (Å²) in [4.78, 5) is 1.38. The van der Waals surface area contributed by atoms with Crippen LogP contribution in [0.3, 0.4) is 0 Å². The third kappa shape index (κ3) is 2.57. The first-order chi connectivity index (χ1) is 6.68. The van der Waals surface area contributed by atoms with E-state index in [0.717, 1.165) is 26.3 Å². The summed E-state index contributed by atoms with van der Waals surface area (Å²) in [6.07, 6.45) is 0. The molecule has 0 atom stereocenters. The van der Waals surface area contributed by atoms with Crippen LogP contribution >= 0.6 is 27.3 Å². The summed E-state index contributed by atoms with van der Waals surface area (Å²) in [5.74, 6) is 0. The molecule has 78 valence electrons. The molecule has 0 aliphatic carbocycles. The van der Waals surface area contributed by atoms with E-state index in [1.807, 2.05) is 0 Å². The molecule has 2 nitrogen and oxygen atoms in total. The Morgan fingerprint density at radius 3 is 2.93 bits per heavy atom. The Kier molecular flexibility index (Phi) is 3.27. The summed E-state index contributed by atoms with van der Waals surface area (Å²) in [7, 11) is 0. The van der Waals surface area contributed by atoms with E-state index in [-0.39, 0.29) is 0 Å². The maximum atomic E-state index is 5.20. The smallest absolute Gasteiger partial charge is 0.0554 e. The molecule has 1 aromatic rings. The largest absolute Gasteiger partial charge is 0.380 e. The van der Waals surface area contributed by atoms with Gasteiger partial charge in [0.05, 0.1) is 13.2 Å². The van der Waals surface area contributed by atoms with Crippen LogP contribution in [0.25, 0.3) is 0 Å². The van der Waals surface area contributed by atoms with Crippen molar-refractivity contribution in [1.29, 1.82) is 0 Å². The fraction of sp³-hybridized carbons (Fsp3) is 0.600. The van der Waals surface area contributed by atoms with E-state index in [2.05, 4.69) is 39.6 Å². The highest BCUT2D eigenvalue weighted by atomic mass is 79.9. The summed E-state index contributed by atoms with van der Waals surface area (Å²) in [5, 5.41) is 5.58. The summed E-state index contributed by atoms with van der Waals surface area (Å²) in [6.45, 7) is 6.06. The lowest BCUT2D eigenvalue weighted by molar-refractivity contribution is -0.0991. The van der Waals surface area contributed by atoms with Gasteiger partial charge in [-0.1, -0.05) is 6.92 Å². The highest BCUT2D eigenvalue weighted by Gasteiger charge is 2.32. The molecule has 0 amide bonds. The lowest BCUT2D eigenvalue weighted by atomic mass is 9.89. The predicted octanol–water partition coefficient (Wildman–Crippen LogP) is 2.64. The zero-order valence-corrected chi connectivity index (χ0v) is 10.6. The van der Waals surface area contributed by atoms with Crippen LogP contribution in [0, 0.1) is 5.41 Å². The fourth-order valence-electron chi connectivity index (χ4n) is 1.49. The average Bonchev–Trinajstić information content (AvgIpc) is 2.49. The first kappa shape index (κ1) is 10.6. The molecule has 1 aromatic heterocycles. The number of hydrogen-bond donors (Lipinski definition) is 1. The van der Waals surface area contributed by atoms with E-state index >= 15 is 0 Å². The minimum atomic E-state index is 0.370. The number of hydrogen-bond acceptors (Lipinski definition) is 3. The monoisotopic (exact) mass is 275 g/mol. The van der Waals surface area contributed by atoms with Gasteiger partial charge in [0.25, 0.3) is 0 Å². The first-order valence-corrected chi connectivity index (χ1v) is 6.37. The number of halogens is 1. The van der Waals surface area contributed by atoms with Crippen LogP contribution in [-0.4, -0.2) is 19.8 Å². The van der Waals surface area contributed by atoms with Gasteiger partial charge in [-0.05, 0) is 22.0 Å². The molecular weight excluding hydrogens is 262 g/mol. The maximum Gasteiger partial charge on any atom is 0.0554 e. The Balaban J connectivity index is 1.72. The van der Waals surface area contributed by atoms with Crippen molar-refractivity contribution in [3.05, 3.63) is 20.8 Å². The van der Waals surface area contributed by atoms with E-state index in [4.69, 9.17) is 4.74 Å². The normalized spacial score (nSPS) is 19.3. The van der Waals surface area contributed by atoms with Crippen molar-refractivity contribution in [3.8, 4) is 0 Å². The standard InChI is InChI=1S/C10H14BrNOS/c1-10(6-13-7-10)5-12-3-9-2-8(11)4-14-9/h2,4,12H,3,5-7H2,1H3. The van der Waals surface area contributed by atoms with Gasteiger partial charge in [-0.3, -0.25) is 0 Å². The second-order valence-corrected chi connectivity index (χ2v) is 6.05. The van der Waals surface area contributed by atoms with Crippen molar-refractivity contribution in [2.45, 2.75) is 13.5 Å². The van der Waals surface area contributed by atoms with Crippen molar-refractivity contribution >= 4 is 27.3 Å². The van der Waals surface area contributed by atoms with E-state index in [1.54, 1.807) is 11.3 Å². The Morgan fingerprint density at radius 2 is 2.43 bits per heavy atom. The van der Waals surface area contributed by atoms with Gasteiger partial charge in [-0.15, -0.1) is 11.3 Å². The molecule has 2 rings (SSSR count). The SMILES string of the molecule is CC1(CNCc2cc(Br)cs2)COC1. The summed E-state index contributed by atoms with van der Waals surface area (Å²) >= 11 is 5.24. The van der Waals surface area contributed by atoms with Gasteiger partial charge in [0.15, 0.2) is 0 Å². The Labute approximate surface area is 96.8 Å². The molecule has 0 bridgehead atoms. The Morgan fingerprint density at radius 1 is 1.64 bits per heavy atom. The zero-order valence-electron chi connectivity index (χ0n) is 8.18. The number of rotatable bonds is 4. The molecule has 1 saturated heterocycles. The fourth-order valence-corrected chi connectivity index (χ4v) is 2.91. The minimum Gasteiger partial charge on any atom is -0.380 e. The van der Waals surface area contributed by atoms with Crippen LogP contribution < -0.4 is 5.32 Å². The molecule has 0 aromatic carbocycles. The molecule has 0 radical (unpaired) electrons. The molecule has 1 N–H and O–H groups in total. The van der Waals surface area contributed by atoms with Crippen molar-refractivity contribution in [2.24, 2.45) is 5.41 Å². The first-order valence-electron chi connectivity index (χ1n) is 4.69. The van der Waals surface area contributed by atoms with Crippen LogP contribution in [-0.2, 0) is 11.3 Å². The van der Waals surface area contributed by atoms with Gasteiger partial charge in [0.2, 0.25) is 0 Å². The molecule has 0 unspecified atom stereocenters. The maximum absolute atomic E-state index is 5.20. The van der Waals surface area contributed by atoms with Crippen LogP contribution in [0.5, 0.6) is 0 Å². The van der Waals surface area contributed by atoms with E-state index in [0.29, 0.717) is 5.41 Å². The summed E-state index contributed by atoms with van der Waals surface area (Å²) in [6, 6.07) is 2.16. The second kappa shape index (κ2) is 4.31. The van der Waals surface area contributed by atoms with Gasteiger partial charge in [-0.2, -0.15) is 0 Å².